The van der Waals surface area contributed by atoms with Crippen molar-refractivity contribution in [3.63, 3.8) is 0 Å². The summed E-state index contributed by atoms with van der Waals surface area (Å²) in [6, 6.07) is 0. The summed E-state index contributed by atoms with van der Waals surface area (Å²) < 4.78 is 2.04. The summed E-state index contributed by atoms with van der Waals surface area (Å²) in [7, 11) is 2.04. The maximum absolute atomic E-state index is 4.38. The monoisotopic (exact) mass is 251 g/mol. The second-order valence-corrected chi connectivity index (χ2v) is 5.18. The van der Waals surface area contributed by atoms with E-state index >= 15 is 0 Å². The molecule has 0 atom stereocenters. The van der Waals surface area contributed by atoms with Crippen LogP contribution in [0.3, 0.4) is 0 Å². The van der Waals surface area contributed by atoms with Crippen molar-refractivity contribution in [3.8, 4) is 0 Å². The molecule has 5 heteroatoms. The molecule has 0 bridgehead atoms. The van der Waals surface area contributed by atoms with Crippen LogP contribution in [-0.2, 0) is 13.1 Å². The maximum atomic E-state index is 4.38. The highest BCUT2D eigenvalue weighted by Gasteiger charge is 2.19. The lowest BCUT2D eigenvalue weighted by molar-refractivity contribution is 0.170. The molecule has 1 aromatic rings. The molecule has 0 amide bonds. The average Bonchev–Trinajstić information content (AvgIpc) is 2.80. The molecule has 18 heavy (non-hydrogen) atoms. The minimum Gasteiger partial charge on any atom is -0.319 e. The van der Waals surface area contributed by atoms with E-state index < -0.39 is 0 Å². The van der Waals surface area contributed by atoms with Crippen LogP contribution in [0.2, 0.25) is 0 Å². The Morgan fingerprint density at radius 1 is 1.39 bits per heavy atom. The third kappa shape index (κ3) is 3.53. The first-order valence-electron chi connectivity index (χ1n) is 7.07. The first-order valence-corrected chi connectivity index (χ1v) is 7.07. The molecular formula is C13H25N5. The van der Waals surface area contributed by atoms with E-state index in [1.165, 1.54) is 25.9 Å². The molecule has 0 aliphatic carbocycles. The zero-order valence-corrected chi connectivity index (χ0v) is 11.6. The van der Waals surface area contributed by atoms with Crippen LogP contribution in [0.15, 0.2) is 6.33 Å². The SMILES string of the molecule is CCCn1ncnc1CN1CCC(CNC)CC1. The van der Waals surface area contributed by atoms with Crippen molar-refractivity contribution in [2.24, 2.45) is 5.92 Å². The molecule has 0 saturated carbocycles. The van der Waals surface area contributed by atoms with Gasteiger partial charge in [0.1, 0.15) is 12.2 Å². The molecule has 1 aromatic heterocycles. The van der Waals surface area contributed by atoms with E-state index in [2.05, 4.69) is 27.2 Å². The van der Waals surface area contributed by atoms with Crippen LogP contribution in [0.5, 0.6) is 0 Å². The normalized spacial score (nSPS) is 18.3. The van der Waals surface area contributed by atoms with E-state index in [1.54, 1.807) is 6.33 Å². The summed E-state index contributed by atoms with van der Waals surface area (Å²) in [6.45, 7) is 7.63. The molecule has 5 nitrogen and oxygen atoms in total. The standard InChI is InChI=1S/C13H25N5/c1-3-6-18-13(15-11-16-18)10-17-7-4-12(5-8-17)9-14-2/h11-12,14H,3-10H2,1-2H3. The summed E-state index contributed by atoms with van der Waals surface area (Å²) >= 11 is 0. The van der Waals surface area contributed by atoms with Crippen LogP contribution in [0.1, 0.15) is 32.0 Å². The predicted molar refractivity (Wildman–Crippen MR) is 72.2 cm³/mol. The number of rotatable bonds is 6. The van der Waals surface area contributed by atoms with Gasteiger partial charge in [-0.05, 0) is 51.9 Å². The molecule has 0 aromatic carbocycles. The fraction of sp³-hybridized carbons (Fsp3) is 0.846. The van der Waals surface area contributed by atoms with Crippen LogP contribution in [0.25, 0.3) is 0 Å². The Hall–Kier alpha value is -0.940. The first-order chi connectivity index (χ1) is 8.83. The van der Waals surface area contributed by atoms with E-state index in [0.29, 0.717) is 0 Å². The fourth-order valence-corrected chi connectivity index (χ4v) is 2.65. The molecule has 1 aliphatic heterocycles. The van der Waals surface area contributed by atoms with Gasteiger partial charge in [-0.15, -0.1) is 0 Å². The number of hydrogen-bond acceptors (Lipinski definition) is 4. The quantitative estimate of drug-likeness (QED) is 0.823. The Balaban J connectivity index is 1.82. The maximum Gasteiger partial charge on any atom is 0.141 e. The first kappa shape index (κ1) is 13.5. The van der Waals surface area contributed by atoms with E-state index in [-0.39, 0.29) is 0 Å². The van der Waals surface area contributed by atoms with Gasteiger partial charge >= 0.3 is 0 Å². The second-order valence-electron chi connectivity index (χ2n) is 5.18. The molecule has 1 aliphatic rings. The van der Waals surface area contributed by atoms with E-state index in [9.17, 15) is 0 Å². The zero-order chi connectivity index (χ0) is 12.8. The van der Waals surface area contributed by atoms with Crippen molar-refractivity contribution in [2.45, 2.75) is 39.3 Å². The van der Waals surface area contributed by atoms with Crippen LogP contribution in [-0.4, -0.2) is 46.3 Å². The highest BCUT2D eigenvalue weighted by atomic mass is 15.3. The molecule has 1 saturated heterocycles. The number of nitrogens with zero attached hydrogens (tertiary/aromatic N) is 4. The van der Waals surface area contributed by atoms with Crippen LogP contribution in [0, 0.1) is 5.92 Å². The minimum absolute atomic E-state index is 0.847. The van der Waals surface area contributed by atoms with Crippen molar-refractivity contribution in [3.05, 3.63) is 12.2 Å². The van der Waals surface area contributed by atoms with E-state index in [1.807, 2.05) is 11.7 Å². The van der Waals surface area contributed by atoms with Gasteiger partial charge in [-0.1, -0.05) is 6.92 Å². The van der Waals surface area contributed by atoms with Gasteiger partial charge in [0, 0.05) is 6.54 Å². The van der Waals surface area contributed by atoms with Gasteiger partial charge in [0.25, 0.3) is 0 Å². The third-order valence-corrected chi connectivity index (χ3v) is 3.70. The Morgan fingerprint density at radius 3 is 2.83 bits per heavy atom. The fourth-order valence-electron chi connectivity index (χ4n) is 2.65. The molecule has 2 heterocycles. The number of nitrogens with one attached hydrogen (secondary N) is 1. The third-order valence-electron chi connectivity index (χ3n) is 3.70. The van der Waals surface area contributed by atoms with Crippen molar-refractivity contribution < 1.29 is 0 Å². The van der Waals surface area contributed by atoms with Crippen LogP contribution in [0.4, 0.5) is 0 Å². The summed E-state index contributed by atoms with van der Waals surface area (Å²) in [5.41, 5.74) is 0. The smallest absolute Gasteiger partial charge is 0.141 e. The molecule has 0 spiro atoms. The zero-order valence-electron chi connectivity index (χ0n) is 11.6. The van der Waals surface area contributed by atoms with Gasteiger partial charge in [0.2, 0.25) is 0 Å². The van der Waals surface area contributed by atoms with E-state index in [0.717, 1.165) is 37.8 Å². The molecule has 102 valence electrons. The molecule has 0 radical (unpaired) electrons. The lowest BCUT2D eigenvalue weighted by Crippen LogP contribution is -2.36. The number of hydrogen-bond donors (Lipinski definition) is 1. The van der Waals surface area contributed by atoms with Crippen LogP contribution < -0.4 is 5.32 Å². The van der Waals surface area contributed by atoms with Crippen molar-refractivity contribution in [2.75, 3.05) is 26.7 Å². The summed E-state index contributed by atoms with van der Waals surface area (Å²) in [4.78, 5) is 6.88. The van der Waals surface area contributed by atoms with Gasteiger partial charge in [-0.2, -0.15) is 5.10 Å². The molecule has 2 rings (SSSR count). The molecule has 1 N–H and O–H groups in total. The van der Waals surface area contributed by atoms with E-state index in [4.69, 9.17) is 0 Å². The Morgan fingerprint density at radius 2 is 2.17 bits per heavy atom. The Kier molecular flexibility index (Phi) is 5.13. The second kappa shape index (κ2) is 6.85. The van der Waals surface area contributed by atoms with Crippen molar-refractivity contribution in [1.82, 2.24) is 25.0 Å². The van der Waals surface area contributed by atoms with Crippen molar-refractivity contribution >= 4 is 0 Å². The van der Waals surface area contributed by atoms with Gasteiger partial charge in [0.15, 0.2) is 0 Å². The number of aryl methyl sites for hydroxylation is 1. The van der Waals surface area contributed by atoms with Crippen LogP contribution >= 0.6 is 0 Å². The molecular weight excluding hydrogens is 226 g/mol. The van der Waals surface area contributed by atoms with Gasteiger partial charge in [0.05, 0.1) is 6.54 Å². The van der Waals surface area contributed by atoms with Gasteiger partial charge in [-0.25, -0.2) is 9.67 Å². The summed E-state index contributed by atoms with van der Waals surface area (Å²) in [5, 5.41) is 7.56. The van der Waals surface area contributed by atoms with Gasteiger partial charge < -0.3 is 5.32 Å². The molecule has 1 fully saturated rings. The lowest BCUT2D eigenvalue weighted by atomic mass is 9.97. The van der Waals surface area contributed by atoms with Crippen molar-refractivity contribution in [1.29, 1.82) is 0 Å². The summed E-state index contributed by atoms with van der Waals surface area (Å²) in [5.74, 6) is 1.96. The number of aromatic nitrogens is 3. The predicted octanol–water partition coefficient (Wildman–Crippen LogP) is 1.12. The molecule has 0 unspecified atom stereocenters. The number of piperidine rings is 1. The average molecular weight is 251 g/mol. The lowest BCUT2D eigenvalue weighted by Gasteiger charge is -2.31. The largest absolute Gasteiger partial charge is 0.319 e. The topological polar surface area (TPSA) is 46.0 Å². The Labute approximate surface area is 110 Å². The highest BCUT2D eigenvalue weighted by Crippen LogP contribution is 2.17. The number of likely N-dealkylation sites (tertiary alicyclic amines) is 1. The Bertz CT molecular complexity index is 341. The highest BCUT2D eigenvalue weighted by molar-refractivity contribution is 4.86. The summed E-state index contributed by atoms with van der Waals surface area (Å²) in [6.07, 6.45) is 5.38. The minimum atomic E-state index is 0.847. The van der Waals surface area contributed by atoms with Gasteiger partial charge in [-0.3, -0.25) is 4.90 Å².